The molecule has 1 aromatic heterocycles. The van der Waals surface area contributed by atoms with Gasteiger partial charge in [-0.05, 0) is 53.7 Å². The minimum absolute atomic E-state index is 0.0397. The van der Waals surface area contributed by atoms with Gasteiger partial charge in [-0.25, -0.2) is 0 Å². The fourth-order valence-electron chi connectivity index (χ4n) is 2.90. The monoisotopic (exact) mass is 332 g/mol. The van der Waals surface area contributed by atoms with Gasteiger partial charge in [0.05, 0.1) is 10.7 Å². The van der Waals surface area contributed by atoms with Crippen molar-refractivity contribution in [2.45, 2.75) is 32.7 Å². The molecule has 0 N–H and O–H groups in total. The maximum absolute atomic E-state index is 12.8. The Balaban J connectivity index is 1.90. The van der Waals surface area contributed by atoms with Crippen molar-refractivity contribution >= 4 is 21.7 Å². The number of rotatable bonds is 3. The van der Waals surface area contributed by atoms with Gasteiger partial charge in [0.2, 0.25) is 0 Å². The van der Waals surface area contributed by atoms with Gasteiger partial charge in [-0.15, -0.1) is 0 Å². The van der Waals surface area contributed by atoms with E-state index in [2.05, 4.69) is 33.2 Å². The van der Waals surface area contributed by atoms with Crippen molar-refractivity contribution in [2.24, 2.45) is 5.92 Å². The van der Waals surface area contributed by atoms with Gasteiger partial charge < -0.3 is 0 Å². The predicted octanol–water partition coefficient (Wildman–Crippen LogP) is 3.82. The fourth-order valence-corrected chi connectivity index (χ4v) is 3.37. The lowest BCUT2D eigenvalue weighted by Gasteiger charge is -2.13. The Bertz CT molecular complexity index is 635. The number of Topliss-reactive ketones (excluding diaryl/α,β-unsaturated/α-hetero) is 1. The summed E-state index contributed by atoms with van der Waals surface area (Å²) >= 11 is 3.46. The van der Waals surface area contributed by atoms with E-state index in [1.165, 1.54) is 11.1 Å². The van der Waals surface area contributed by atoms with Gasteiger partial charge in [0.25, 0.3) is 0 Å². The molecule has 3 nitrogen and oxygen atoms in total. The predicted molar refractivity (Wildman–Crippen MR) is 82.0 cm³/mol. The Morgan fingerprint density at radius 3 is 2.45 bits per heavy atom. The van der Waals surface area contributed by atoms with Crippen LogP contribution in [0.5, 0.6) is 0 Å². The minimum Gasteiger partial charge on any atom is -0.292 e. The molecule has 0 fully saturated rings. The second kappa shape index (κ2) is 5.17. The standard InChI is InChI=1S/C16H17BrN2O/c1-10(2)19-15(14(17)9-18-19)16(20)13-7-11-5-3-4-6-12(11)8-13/h3-6,9-10,13H,7-8H2,1-2H3. The van der Waals surface area contributed by atoms with E-state index in [-0.39, 0.29) is 17.7 Å². The van der Waals surface area contributed by atoms with E-state index >= 15 is 0 Å². The number of carbonyl (C=O) groups is 1. The number of benzene rings is 1. The second-order valence-corrected chi connectivity index (χ2v) is 6.47. The van der Waals surface area contributed by atoms with Crippen LogP contribution in [0.3, 0.4) is 0 Å². The molecule has 1 aromatic carbocycles. The Kier molecular flexibility index (Phi) is 3.50. The Morgan fingerprint density at radius 2 is 1.90 bits per heavy atom. The number of halogens is 1. The smallest absolute Gasteiger partial charge is 0.185 e. The molecule has 0 bridgehead atoms. The van der Waals surface area contributed by atoms with Gasteiger partial charge in [-0.1, -0.05) is 24.3 Å². The van der Waals surface area contributed by atoms with Crippen LogP contribution in [-0.4, -0.2) is 15.6 Å². The first-order valence-corrected chi connectivity index (χ1v) is 7.71. The first-order valence-electron chi connectivity index (χ1n) is 6.92. The second-order valence-electron chi connectivity index (χ2n) is 5.62. The normalized spacial score (nSPS) is 14.8. The van der Waals surface area contributed by atoms with Gasteiger partial charge >= 0.3 is 0 Å². The highest BCUT2D eigenvalue weighted by atomic mass is 79.9. The number of ketones is 1. The maximum Gasteiger partial charge on any atom is 0.185 e. The van der Waals surface area contributed by atoms with Crippen molar-refractivity contribution in [1.29, 1.82) is 0 Å². The summed E-state index contributed by atoms with van der Waals surface area (Å²) in [5, 5.41) is 4.31. The molecule has 0 radical (unpaired) electrons. The maximum atomic E-state index is 12.8. The van der Waals surface area contributed by atoms with Crippen molar-refractivity contribution < 1.29 is 4.79 Å². The summed E-state index contributed by atoms with van der Waals surface area (Å²) in [6.07, 6.45) is 3.39. The SMILES string of the molecule is CC(C)n1ncc(Br)c1C(=O)C1Cc2ccccc2C1. The average molecular weight is 333 g/mol. The van der Waals surface area contributed by atoms with Gasteiger partial charge in [0, 0.05) is 12.0 Å². The molecule has 104 valence electrons. The molecule has 0 aliphatic heterocycles. The lowest BCUT2D eigenvalue weighted by Crippen LogP contribution is -2.21. The quantitative estimate of drug-likeness (QED) is 0.801. The van der Waals surface area contributed by atoms with Crippen LogP contribution in [0, 0.1) is 5.92 Å². The van der Waals surface area contributed by atoms with Crippen LogP contribution >= 0.6 is 15.9 Å². The van der Waals surface area contributed by atoms with Crippen molar-refractivity contribution in [2.75, 3.05) is 0 Å². The first kappa shape index (κ1) is 13.6. The Labute approximate surface area is 127 Å². The highest BCUT2D eigenvalue weighted by Crippen LogP contribution is 2.31. The van der Waals surface area contributed by atoms with Crippen LogP contribution in [0.25, 0.3) is 0 Å². The van der Waals surface area contributed by atoms with Crippen LogP contribution in [0.4, 0.5) is 0 Å². The van der Waals surface area contributed by atoms with Crippen LogP contribution in [-0.2, 0) is 12.8 Å². The van der Waals surface area contributed by atoms with E-state index in [0.29, 0.717) is 5.69 Å². The van der Waals surface area contributed by atoms with Crippen LogP contribution < -0.4 is 0 Å². The number of carbonyl (C=O) groups excluding carboxylic acids is 1. The van der Waals surface area contributed by atoms with Crippen molar-refractivity contribution in [3.8, 4) is 0 Å². The Hall–Kier alpha value is -1.42. The average Bonchev–Trinajstić information content (AvgIpc) is 3.01. The van der Waals surface area contributed by atoms with Crippen LogP contribution in [0.2, 0.25) is 0 Å². The lowest BCUT2D eigenvalue weighted by atomic mass is 9.98. The van der Waals surface area contributed by atoms with Crippen molar-refractivity contribution in [3.05, 3.63) is 51.8 Å². The van der Waals surface area contributed by atoms with Gasteiger partial charge in [0.1, 0.15) is 5.69 Å². The molecule has 2 aromatic rings. The molecule has 0 unspecified atom stereocenters. The van der Waals surface area contributed by atoms with E-state index in [4.69, 9.17) is 0 Å². The molecule has 0 saturated carbocycles. The molecule has 20 heavy (non-hydrogen) atoms. The molecule has 0 saturated heterocycles. The molecular weight excluding hydrogens is 316 g/mol. The van der Waals surface area contributed by atoms with Crippen LogP contribution in [0.15, 0.2) is 34.9 Å². The fraction of sp³-hybridized carbons (Fsp3) is 0.375. The molecule has 0 atom stereocenters. The zero-order valence-corrected chi connectivity index (χ0v) is 13.2. The highest BCUT2D eigenvalue weighted by molar-refractivity contribution is 9.10. The van der Waals surface area contributed by atoms with E-state index in [0.717, 1.165) is 17.3 Å². The van der Waals surface area contributed by atoms with Crippen LogP contribution in [0.1, 0.15) is 41.5 Å². The molecular formula is C16H17BrN2O. The van der Waals surface area contributed by atoms with Gasteiger partial charge in [-0.2, -0.15) is 5.10 Å². The molecule has 0 spiro atoms. The molecule has 4 heteroatoms. The minimum atomic E-state index is 0.0397. The zero-order chi connectivity index (χ0) is 14.3. The summed E-state index contributed by atoms with van der Waals surface area (Å²) in [5.41, 5.74) is 3.31. The summed E-state index contributed by atoms with van der Waals surface area (Å²) in [4.78, 5) is 12.8. The molecule has 1 aliphatic carbocycles. The number of aromatic nitrogens is 2. The molecule has 3 rings (SSSR count). The summed E-state index contributed by atoms with van der Waals surface area (Å²) in [6, 6.07) is 8.51. The number of hydrogen-bond acceptors (Lipinski definition) is 2. The molecule has 1 aliphatic rings. The summed E-state index contributed by atoms with van der Waals surface area (Å²) < 4.78 is 2.61. The van der Waals surface area contributed by atoms with E-state index in [9.17, 15) is 4.79 Å². The lowest BCUT2D eigenvalue weighted by molar-refractivity contribution is 0.0911. The van der Waals surface area contributed by atoms with Gasteiger partial charge in [0.15, 0.2) is 5.78 Å². The number of nitrogens with zero attached hydrogens (tertiary/aromatic N) is 2. The van der Waals surface area contributed by atoms with E-state index in [1.54, 1.807) is 6.20 Å². The Morgan fingerprint density at radius 1 is 1.30 bits per heavy atom. The zero-order valence-electron chi connectivity index (χ0n) is 11.6. The highest BCUT2D eigenvalue weighted by Gasteiger charge is 2.31. The summed E-state index contributed by atoms with van der Waals surface area (Å²) in [7, 11) is 0. The van der Waals surface area contributed by atoms with E-state index < -0.39 is 0 Å². The number of hydrogen-bond donors (Lipinski definition) is 0. The molecule has 1 heterocycles. The number of fused-ring (bicyclic) bond motifs is 1. The summed E-state index contributed by atoms with van der Waals surface area (Å²) in [5.74, 6) is 0.233. The largest absolute Gasteiger partial charge is 0.292 e. The molecule has 0 amide bonds. The third-order valence-corrected chi connectivity index (χ3v) is 4.48. The first-order chi connectivity index (χ1) is 9.58. The summed E-state index contributed by atoms with van der Waals surface area (Å²) in [6.45, 7) is 4.08. The van der Waals surface area contributed by atoms with Crippen molar-refractivity contribution in [3.63, 3.8) is 0 Å². The van der Waals surface area contributed by atoms with Crippen molar-refractivity contribution in [1.82, 2.24) is 9.78 Å². The topological polar surface area (TPSA) is 34.9 Å². The van der Waals surface area contributed by atoms with Gasteiger partial charge in [-0.3, -0.25) is 9.48 Å². The third-order valence-electron chi connectivity index (χ3n) is 3.90. The van der Waals surface area contributed by atoms with E-state index in [1.807, 2.05) is 30.7 Å². The third kappa shape index (κ3) is 2.22.